The van der Waals surface area contributed by atoms with Crippen LogP contribution in [0.25, 0.3) is 0 Å². The highest BCUT2D eigenvalue weighted by Gasteiger charge is 2.27. The number of hydrogen-bond donors (Lipinski definition) is 0. The molecular weight excluding hydrogens is 336 g/mol. The highest BCUT2D eigenvalue weighted by molar-refractivity contribution is 7.89. The van der Waals surface area contributed by atoms with Gasteiger partial charge in [0.25, 0.3) is 0 Å². The molecule has 0 aliphatic carbocycles. The van der Waals surface area contributed by atoms with Crippen LogP contribution in [0, 0.1) is 0 Å². The molecule has 25 heavy (non-hydrogen) atoms. The van der Waals surface area contributed by atoms with Gasteiger partial charge in [0.1, 0.15) is 0 Å². The molecule has 0 unspecified atom stereocenters. The van der Waals surface area contributed by atoms with E-state index in [0.717, 1.165) is 16.8 Å². The van der Waals surface area contributed by atoms with Crippen molar-refractivity contribution in [3.8, 4) is 0 Å². The van der Waals surface area contributed by atoms with Crippen LogP contribution in [0.4, 0.5) is 5.69 Å². The zero-order valence-electron chi connectivity index (χ0n) is 14.5. The first-order valence-corrected chi connectivity index (χ1v) is 9.73. The molecule has 0 bridgehead atoms. The van der Waals surface area contributed by atoms with Gasteiger partial charge in [-0.25, -0.2) is 12.7 Å². The van der Waals surface area contributed by atoms with E-state index in [9.17, 15) is 13.2 Å². The Bertz CT molecular complexity index is 877. The van der Waals surface area contributed by atoms with Crippen molar-refractivity contribution < 1.29 is 13.2 Å². The second-order valence-corrected chi connectivity index (χ2v) is 8.51. The largest absolute Gasteiger partial charge is 0.312 e. The fourth-order valence-corrected chi connectivity index (χ4v) is 3.99. The summed E-state index contributed by atoms with van der Waals surface area (Å²) < 4.78 is 25.7. The minimum atomic E-state index is -3.45. The summed E-state index contributed by atoms with van der Waals surface area (Å²) in [6.45, 7) is 0.606. The molecule has 0 radical (unpaired) electrons. The average Bonchev–Trinajstić information content (AvgIpc) is 3.03. The number of fused-ring (bicyclic) bond motifs is 1. The van der Waals surface area contributed by atoms with E-state index in [4.69, 9.17) is 0 Å². The first-order valence-electron chi connectivity index (χ1n) is 8.29. The van der Waals surface area contributed by atoms with Gasteiger partial charge in [0.05, 0.1) is 4.90 Å². The van der Waals surface area contributed by atoms with E-state index in [1.54, 1.807) is 23.1 Å². The third kappa shape index (κ3) is 3.60. The summed E-state index contributed by atoms with van der Waals surface area (Å²) in [7, 11) is -0.421. The number of benzene rings is 2. The van der Waals surface area contributed by atoms with Crippen molar-refractivity contribution >= 4 is 21.6 Å². The highest BCUT2D eigenvalue weighted by Crippen LogP contribution is 2.31. The van der Waals surface area contributed by atoms with E-state index in [-0.39, 0.29) is 10.8 Å². The van der Waals surface area contributed by atoms with Crippen molar-refractivity contribution in [1.82, 2.24) is 4.31 Å². The summed E-state index contributed by atoms with van der Waals surface area (Å²) in [5, 5.41) is 0. The lowest BCUT2D eigenvalue weighted by Crippen LogP contribution is -2.29. The molecule has 1 aliphatic rings. The van der Waals surface area contributed by atoms with E-state index in [1.807, 2.05) is 30.3 Å². The molecule has 5 nitrogen and oxygen atoms in total. The Labute approximate surface area is 148 Å². The molecule has 1 amide bonds. The third-order valence-corrected chi connectivity index (χ3v) is 6.31. The maximum atomic E-state index is 12.6. The van der Waals surface area contributed by atoms with Gasteiger partial charge in [0, 0.05) is 32.7 Å². The zero-order valence-corrected chi connectivity index (χ0v) is 15.3. The van der Waals surface area contributed by atoms with E-state index in [0.29, 0.717) is 25.8 Å². The molecular formula is C19H22N2O3S. The van der Waals surface area contributed by atoms with Crippen LogP contribution in [0.1, 0.15) is 17.5 Å². The molecule has 0 saturated carbocycles. The van der Waals surface area contributed by atoms with Crippen LogP contribution < -0.4 is 4.90 Å². The number of hydrogen-bond acceptors (Lipinski definition) is 3. The molecule has 0 aromatic heterocycles. The predicted molar refractivity (Wildman–Crippen MR) is 98.1 cm³/mol. The van der Waals surface area contributed by atoms with Gasteiger partial charge in [-0.3, -0.25) is 4.79 Å². The van der Waals surface area contributed by atoms with Gasteiger partial charge in [0.15, 0.2) is 0 Å². The first kappa shape index (κ1) is 17.6. The van der Waals surface area contributed by atoms with Crippen molar-refractivity contribution in [1.29, 1.82) is 0 Å². The number of anilines is 1. The molecule has 6 heteroatoms. The van der Waals surface area contributed by atoms with E-state index < -0.39 is 10.0 Å². The summed E-state index contributed by atoms with van der Waals surface area (Å²) in [5.41, 5.74) is 2.88. The van der Waals surface area contributed by atoms with Crippen molar-refractivity contribution in [3.63, 3.8) is 0 Å². The minimum Gasteiger partial charge on any atom is -0.312 e. The number of aryl methyl sites for hydroxylation is 1. The lowest BCUT2D eigenvalue weighted by molar-refractivity contribution is -0.118. The fraction of sp³-hybridized carbons (Fsp3) is 0.316. The number of rotatable bonds is 5. The molecule has 1 aliphatic heterocycles. The van der Waals surface area contributed by atoms with Crippen LogP contribution >= 0.6 is 0 Å². The topological polar surface area (TPSA) is 57.7 Å². The smallest absolute Gasteiger partial charge is 0.242 e. The molecule has 132 valence electrons. The summed E-state index contributed by atoms with van der Waals surface area (Å²) in [6.07, 6.45) is 1.84. The van der Waals surface area contributed by atoms with Crippen LogP contribution in [0.2, 0.25) is 0 Å². The first-order chi connectivity index (χ1) is 11.9. The summed E-state index contributed by atoms with van der Waals surface area (Å²) in [5.74, 6) is 0.0748. The molecule has 2 aromatic carbocycles. The molecule has 0 N–H and O–H groups in total. The van der Waals surface area contributed by atoms with Gasteiger partial charge in [-0.2, -0.15) is 0 Å². The Hall–Kier alpha value is -2.18. The monoisotopic (exact) mass is 358 g/mol. The second-order valence-electron chi connectivity index (χ2n) is 6.36. The van der Waals surface area contributed by atoms with E-state index >= 15 is 0 Å². The Kier molecular flexibility index (Phi) is 4.92. The maximum absolute atomic E-state index is 12.6. The highest BCUT2D eigenvalue weighted by atomic mass is 32.2. The van der Waals surface area contributed by atoms with Gasteiger partial charge in [-0.15, -0.1) is 0 Å². The van der Waals surface area contributed by atoms with Crippen LogP contribution in [0.3, 0.4) is 0 Å². The number of amides is 1. The van der Waals surface area contributed by atoms with Crippen LogP contribution in [0.5, 0.6) is 0 Å². The van der Waals surface area contributed by atoms with Crippen LogP contribution in [-0.2, 0) is 27.7 Å². The predicted octanol–water partition coefficient (Wildman–Crippen LogP) is 2.46. The third-order valence-electron chi connectivity index (χ3n) is 4.50. The van der Waals surface area contributed by atoms with Crippen molar-refractivity contribution in [2.75, 3.05) is 25.5 Å². The van der Waals surface area contributed by atoms with E-state index in [1.165, 1.54) is 18.4 Å². The Morgan fingerprint density at radius 3 is 2.52 bits per heavy atom. The minimum absolute atomic E-state index is 0.0748. The lowest BCUT2D eigenvalue weighted by Gasteiger charge is -2.18. The zero-order chi connectivity index (χ0) is 18.0. The van der Waals surface area contributed by atoms with Gasteiger partial charge in [0.2, 0.25) is 15.9 Å². The van der Waals surface area contributed by atoms with Gasteiger partial charge >= 0.3 is 0 Å². The van der Waals surface area contributed by atoms with Crippen molar-refractivity contribution in [3.05, 3.63) is 59.7 Å². The summed E-state index contributed by atoms with van der Waals surface area (Å²) in [4.78, 5) is 14.6. The quantitative estimate of drug-likeness (QED) is 0.825. The number of nitrogens with zero attached hydrogens (tertiary/aromatic N) is 2. The molecule has 0 saturated heterocycles. The Morgan fingerprint density at radius 2 is 1.84 bits per heavy atom. The maximum Gasteiger partial charge on any atom is 0.242 e. The molecule has 0 atom stereocenters. The van der Waals surface area contributed by atoms with Crippen LogP contribution in [0.15, 0.2) is 53.4 Å². The van der Waals surface area contributed by atoms with Crippen molar-refractivity contribution in [2.45, 2.75) is 24.2 Å². The SMILES string of the molecule is CN(C)S(=O)(=O)c1ccc2c(c1)CCN2C(=O)CCc1ccccc1. The van der Waals surface area contributed by atoms with E-state index in [2.05, 4.69) is 0 Å². The molecule has 3 rings (SSSR count). The number of sulfonamides is 1. The Morgan fingerprint density at radius 1 is 1.12 bits per heavy atom. The number of carbonyl (C=O) groups is 1. The van der Waals surface area contributed by atoms with Gasteiger partial charge in [-0.05, 0) is 42.2 Å². The Balaban J connectivity index is 1.75. The van der Waals surface area contributed by atoms with Crippen LogP contribution in [-0.4, -0.2) is 39.3 Å². The normalized spacial score (nSPS) is 14.0. The van der Waals surface area contributed by atoms with Gasteiger partial charge < -0.3 is 4.90 Å². The summed E-state index contributed by atoms with van der Waals surface area (Å²) >= 11 is 0. The average molecular weight is 358 g/mol. The molecule has 0 spiro atoms. The molecule has 1 heterocycles. The second kappa shape index (κ2) is 6.98. The standard InChI is InChI=1S/C19H22N2O3S/c1-20(2)25(23,24)17-9-10-18-16(14-17)12-13-21(18)19(22)11-8-15-6-4-3-5-7-15/h3-7,9-10,14H,8,11-13H2,1-2H3. The van der Waals surface area contributed by atoms with Gasteiger partial charge in [-0.1, -0.05) is 30.3 Å². The fourth-order valence-electron chi connectivity index (χ4n) is 3.04. The summed E-state index contributed by atoms with van der Waals surface area (Å²) in [6, 6.07) is 15.0. The molecule has 2 aromatic rings. The van der Waals surface area contributed by atoms with Crippen molar-refractivity contribution in [2.24, 2.45) is 0 Å². The lowest BCUT2D eigenvalue weighted by atomic mass is 10.1. The molecule has 0 fully saturated rings. The number of carbonyl (C=O) groups excluding carboxylic acids is 1.